The third-order valence-corrected chi connectivity index (χ3v) is 2.41. The summed E-state index contributed by atoms with van der Waals surface area (Å²) in [5, 5.41) is 13.4. The average molecular weight is 295 g/mol. The van der Waals surface area contributed by atoms with Gasteiger partial charge in [0.1, 0.15) is 17.8 Å². The van der Waals surface area contributed by atoms with E-state index in [2.05, 4.69) is 31.2 Å². The van der Waals surface area contributed by atoms with Crippen LogP contribution in [0.25, 0.3) is 0 Å². The maximum Gasteiger partial charge on any atom is 0.287 e. The second kappa shape index (κ2) is 4.88. The molecule has 86 valence electrons. The number of pyridine rings is 2. The lowest BCUT2D eigenvalue weighted by molar-refractivity contribution is -0.385. The fourth-order valence-electron chi connectivity index (χ4n) is 1.15. The van der Waals surface area contributed by atoms with Crippen LogP contribution in [0.5, 0.6) is 0 Å². The Labute approximate surface area is 105 Å². The highest BCUT2D eigenvalue weighted by atomic mass is 79.9. The van der Waals surface area contributed by atoms with E-state index in [0.29, 0.717) is 11.6 Å². The third-order valence-electron chi connectivity index (χ3n) is 1.94. The van der Waals surface area contributed by atoms with E-state index in [4.69, 9.17) is 0 Å². The van der Waals surface area contributed by atoms with Crippen LogP contribution in [0, 0.1) is 10.1 Å². The standard InChI is InChI=1S/C10H7BrN4O2/c11-7-1-3-9(12-5-7)14-10-4-2-8(6-13-10)15(16)17/h1-6H,(H,12,13,14). The predicted octanol–water partition coefficient (Wildman–Crippen LogP) is 2.89. The van der Waals surface area contributed by atoms with Crippen LogP contribution in [0.15, 0.2) is 41.1 Å². The van der Waals surface area contributed by atoms with Crippen LogP contribution in [0.3, 0.4) is 0 Å². The van der Waals surface area contributed by atoms with Gasteiger partial charge in [0.2, 0.25) is 0 Å². The number of nitrogens with zero attached hydrogens (tertiary/aromatic N) is 3. The number of aromatic nitrogens is 2. The maximum absolute atomic E-state index is 10.4. The average Bonchev–Trinajstić information content (AvgIpc) is 2.33. The van der Waals surface area contributed by atoms with Gasteiger partial charge in [-0.1, -0.05) is 0 Å². The molecule has 2 aromatic heterocycles. The van der Waals surface area contributed by atoms with Gasteiger partial charge in [-0.3, -0.25) is 10.1 Å². The zero-order valence-corrected chi connectivity index (χ0v) is 10.1. The summed E-state index contributed by atoms with van der Waals surface area (Å²) >= 11 is 3.28. The molecule has 0 spiro atoms. The highest BCUT2D eigenvalue weighted by Crippen LogP contribution is 2.16. The fraction of sp³-hybridized carbons (Fsp3) is 0. The van der Waals surface area contributed by atoms with Gasteiger partial charge in [0, 0.05) is 16.7 Å². The van der Waals surface area contributed by atoms with Gasteiger partial charge in [-0.05, 0) is 34.1 Å². The molecule has 0 amide bonds. The van der Waals surface area contributed by atoms with Crippen molar-refractivity contribution in [1.29, 1.82) is 0 Å². The fourth-order valence-corrected chi connectivity index (χ4v) is 1.38. The minimum Gasteiger partial charge on any atom is -0.325 e. The van der Waals surface area contributed by atoms with Gasteiger partial charge in [-0.25, -0.2) is 9.97 Å². The van der Waals surface area contributed by atoms with E-state index < -0.39 is 4.92 Å². The number of anilines is 2. The predicted molar refractivity (Wildman–Crippen MR) is 66.1 cm³/mol. The van der Waals surface area contributed by atoms with Crippen molar-refractivity contribution in [3.05, 3.63) is 51.2 Å². The van der Waals surface area contributed by atoms with Crippen molar-refractivity contribution in [2.24, 2.45) is 0 Å². The Morgan fingerprint density at radius 3 is 2.24 bits per heavy atom. The summed E-state index contributed by atoms with van der Waals surface area (Å²) < 4.78 is 0.875. The van der Waals surface area contributed by atoms with Crippen LogP contribution in [0.1, 0.15) is 0 Å². The zero-order valence-electron chi connectivity index (χ0n) is 8.50. The van der Waals surface area contributed by atoms with Crippen molar-refractivity contribution < 1.29 is 4.92 Å². The normalized spacial score (nSPS) is 9.94. The Kier molecular flexibility index (Phi) is 3.29. The first-order valence-electron chi connectivity index (χ1n) is 4.64. The van der Waals surface area contributed by atoms with Crippen LogP contribution in [-0.2, 0) is 0 Å². The monoisotopic (exact) mass is 294 g/mol. The van der Waals surface area contributed by atoms with Gasteiger partial charge in [-0.15, -0.1) is 0 Å². The summed E-state index contributed by atoms with van der Waals surface area (Å²) in [4.78, 5) is 18.0. The summed E-state index contributed by atoms with van der Waals surface area (Å²) in [5.74, 6) is 1.12. The highest BCUT2D eigenvalue weighted by molar-refractivity contribution is 9.10. The van der Waals surface area contributed by atoms with Crippen molar-refractivity contribution in [3.8, 4) is 0 Å². The molecule has 0 aliphatic rings. The lowest BCUT2D eigenvalue weighted by Crippen LogP contribution is -1.96. The Hall–Kier alpha value is -2.02. The Bertz CT molecular complexity index is 527. The van der Waals surface area contributed by atoms with Gasteiger partial charge in [0.25, 0.3) is 5.69 Å². The molecule has 1 N–H and O–H groups in total. The smallest absolute Gasteiger partial charge is 0.287 e. The van der Waals surface area contributed by atoms with Crippen molar-refractivity contribution >= 4 is 33.3 Å². The lowest BCUT2D eigenvalue weighted by atomic mass is 10.4. The van der Waals surface area contributed by atoms with E-state index in [1.54, 1.807) is 12.3 Å². The summed E-state index contributed by atoms with van der Waals surface area (Å²) in [7, 11) is 0. The highest BCUT2D eigenvalue weighted by Gasteiger charge is 2.05. The minimum atomic E-state index is -0.491. The number of halogens is 1. The number of nitro groups is 1. The molecule has 0 saturated carbocycles. The molecular weight excluding hydrogens is 288 g/mol. The van der Waals surface area contributed by atoms with Crippen LogP contribution in [-0.4, -0.2) is 14.9 Å². The number of rotatable bonds is 3. The van der Waals surface area contributed by atoms with Gasteiger partial charge in [0.15, 0.2) is 0 Å². The quantitative estimate of drug-likeness (QED) is 0.695. The second-order valence-electron chi connectivity index (χ2n) is 3.15. The van der Waals surface area contributed by atoms with E-state index >= 15 is 0 Å². The first-order valence-corrected chi connectivity index (χ1v) is 5.43. The topological polar surface area (TPSA) is 81.0 Å². The van der Waals surface area contributed by atoms with Crippen molar-refractivity contribution in [1.82, 2.24) is 9.97 Å². The maximum atomic E-state index is 10.4. The van der Waals surface area contributed by atoms with E-state index in [1.807, 2.05) is 6.07 Å². The molecule has 2 heterocycles. The van der Waals surface area contributed by atoms with E-state index in [1.165, 1.54) is 18.3 Å². The molecule has 0 fully saturated rings. The van der Waals surface area contributed by atoms with Gasteiger partial charge < -0.3 is 5.32 Å². The number of hydrogen-bond acceptors (Lipinski definition) is 5. The summed E-state index contributed by atoms with van der Waals surface area (Å²) in [6.07, 6.45) is 2.84. The van der Waals surface area contributed by atoms with Gasteiger partial charge in [0.05, 0.1) is 4.92 Å². The first-order chi connectivity index (χ1) is 8.15. The van der Waals surface area contributed by atoms with Crippen LogP contribution in [0.4, 0.5) is 17.3 Å². The molecule has 2 aromatic rings. The van der Waals surface area contributed by atoms with E-state index in [-0.39, 0.29) is 5.69 Å². The van der Waals surface area contributed by atoms with Crippen molar-refractivity contribution in [2.75, 3.05) is 5.32 Å². The molecule has 7 heteroatoms. The Balaban J connectivity index is 2.13. The largest absolute Gasteiger partial charge is 0.325 e. The molecule has 6 nitrogen and oxygen atoms in total. The molecule has 0 unspecified atom stereocenters. The van der Waals surface area contributed by atoms with Crippen molar-refractivity contribution in [2.45, 2.75) is 0 Å². The van der Waals surface area contributed by atoms with Crippen LogP contribution >= 0.6 is 15.9 Å². The first kappa shape index (κ1) is 11.5. The molecule has 0 aromatic carbocycles. The lowest BCUT2D eigenvalue weighted by Gasteiger charge is -2.03. The molecule has 0 aliphatic carbocycles. The molecular formula is C10H7BrN4O2. The summed E-state index contributed by atoms with van der Waals surface area (Å²) in [6.45, 7) is 0. The second-order valence-corrected chi connectivity index (χ2v) is 4.06. The third kappa shape index (κ3) is 2.97. The van der Waals surface area contributed by atoms with Crippen LogP contribution < -0.4 is 5.32 Å². The summed E-state index contributed by atoms with van der Waals surface area (Å²) in [5.41, 5.74) is -0.0423. The molecule has 0 bridgehead atoms. The molecule has 0 atom stereocenters. The van der Waals surface area contributed by atoms with Gasteiger partial charge in [-0.2, -0.15) is 0 Å². The Morgan fingerprint density at radius 2 is 1.76 bits per heavy atom. The van der Waals surface area contributed by atoms with E-state index in [9.17, 15) is 10.1 Å². The van der Waals surface area contributed by atoms with Crippen LogP contribution in [0.2, 0.25) is 0 Å². The van der Waals surface area contributed by atoms with E-state index in [0.717, 1.165) is 4.47 Å². The van der Waals surface area contributed by atoms with Crippen molar-refractivity contribution in [3.63, 3.8) is 0 Å². The molecule has 2 rings (SSSR count). The SMILES string of the molecule is O=[N+]([O-])c1ccc(Nc2ccc(Br)cn2)nc1. The zero-order chi connectivity index (χ0) is 12.3. The molecule has 17 heavy (non-hydrogen) atoms. The Morgan fingerprint density at radius 1 is 1.12 bits per heavy atom. The minimum absolute atomic E-state index is 0.0423. The molecule has 0 radical (unpaired) electrons. The number of hydrogen-bond donors (Lipinski definition) is 1. The molecule has 0 aliphatic heterocycles. The summed E-state index contributed by atoms with van der Waals surface area (Å²) in [6, 6.07) is 6.52. The number of nitrogens with one attached hydrogen (secondary N) is 1. The van der Waals surface area contributed by atoms with Gasteiger partial charge >= 0.3 is 0 Å². The molecule has 0 saturated heterocycles.